The van der Waals surface area contributed by atoms with Crippen molar-refractivity contribution < 1.29 is 4.74 Å². The highest BCUT2D eigenvalue weighted by Gasteiger charge is 2.22. The van der Waals surface area contributed by atoms with Crippen LogP contribution in [-0.2, 0) is 0 Å². The average Bonchev–Trinajstić information content (AvgIpc) is 2.77. The van der Waals surface area contributed by atoms with Crippen molar-refractivity contribution in [1.82, 2.24) is 20.4 Å². The van der Waals surface area contributed by atoms with Gasteiger partial charge in [-0.2, -0.15) is 0 Å². The lowest BCUT2D eigenvalue weighted by Gasteiger charge is -2.34. The zero-order chi connectivity index (χ0) is 21.1. The SMILES string of the molecule is CCCN1CCC(NC(=NC)NCC(c2cccc(OC)c2)N(CC)CC)CC1.I. The van der Waals surface area contributed by atoms with Crippen molar-refractivity contribution in [1.29, 1.82) is 0 Å². The van der Waals surface area contributed by atoms with Crippen molar-refractivity contribution in [3.05, 3.63) is 29.8 Å². The third-order valence-electron chi connectivity index (χ3n) is 5.89. The van der Waals surface area contributed by atoms with Gasteiger partial charge in [0.05, 0.1) is 13.2 Å². The predicted molar refractivity (Wildman–Crippen MR) is 138 cm³/mol. The summed E-state index contributed by atoms with van der Waals surface area (Å²) in [6.45, 7) is 13.1. The normalized spacial score (nSPS) is 16.8. The summed E-state index contributed by atoms with van der Waals surface area (Å²) in [7, 11) is 3.58. The van der Waals surface area contributed by atoms with Crippen molar-refractivity contribution >= 4 is 29.9 Å². The molecule has 7 heteroatoms. The standard InChI is InChI=1S/C23H41N5O.HI/c1-6-14-27-15-12-20(13-16-27)26-23(24-4)25-18-22(28(7-2)8-3)19-10-9-11-21(17-19)29-5;/h9-11,17,20,22H,6-8,12-16,18H2,1-5H3,(H2,24,25,26);1H. The van der Waals surface area contributed by atoms with Gasteiger partial charge in [0.2, 0.25) is 0 Å². The molecule has 1 aliphatic heterocycles. The first-order valence-electron chi connectivity index (χ1n) is 11.2. The number of likely N-dealkylation sites (tertiary alicyclic amines) is 1. The van der Waals surface area contributed by atoms with Gasteiger partial charge in [0.15, 0.2) is 5.96 Å². The van der Waals surface area contributed by atoms with Gasteiger partial charge in [0.1, 0.15) is 5.75 Å². The molecule has 0 saturated carbocycles. The van der Waals surface area contributed by atoms with E-state index in [1.165, 1.54) is 44.5 Å². The molecule has 1 aromatic carbocycles. The molecule has 0 amide bonds. The minimum atomic E-state index is 0. The number of nitrogens with zero attached hydrogens (tertiary/aromatic N) is 3. The maximum Gasteiger partial charge on any atom is 0.191 e. The van der Waals surface area contributed by atoms with E-state index < -0.39 is 0 Å². The van der Waals surface area contributed by atoms with Crippen molar-refractivity contribution in [2.45, 2.75) is 52.1 Å². The van der Waals surface area contributed by atoms with Crippen LogP contribution < -0.4 is 15.4 Å². The van der Waals surface area contributed by atoms with E-state index in [1.54, 1.807) is 7.11 Å². The van der Waals surface area contributed by atoms with Crippen LogP contribution in [0.2, 0.25) is 0 Å². The van der Waals surface area contributed by atoms with Crippen molar-refractivity contribution in [2.75, 3.05) is 53.4 Å². The summed E-state index contributed by atoms with van der Waals surface area (Å²) in [6, 6.07) is 9.17. The first-order chi connectivity index (χ1) is 14.1. The third kappa shape index (κ3) is 8.23. The minimum absolute atomic E-state index is 0. The molecule has 1 unspecified atom stereocenters. The smallest absolute Gasteiger partial charge is 0.191 e. The zero-order valence-corrected chi connectivity index (χ0v) is 21.8. The van der Waals surface area contributed by atoms with Gasteiger partial charge in [0.25, 0.3) is 0 Å². The second kappa shape index (κ2) is 14.9. The van der Waals surface area contributed by atoms with Crippen molar-refractivity contribution in [2.24, 2.45) is 4.99 Å². The van der Waals surface area contributed by atoms with Crippen LogP contribution in [0.25, 0.3) is 0 Å². The second-order valence-electron chi connectivity index (χ2n) is 7.73. The van der Waals surface area contributed by atoms with Crippen LogP contribution in [0.3, 0.4) is 0 Å². The monoisotopic (exact) mass is 531 g/mol. The molecule has 1 atom stereocenters. The molecule has 0 spiro atoms. The average molecular weight is 532 g/mol. The quantitative estimate of drug-likeness (QED) is 0.274. The van der Waals surface area contributed by atoms with Crippen LogP contribution in [0, 0.1) is 0 Å². The molecule has 1 aliphatic rings. The number of methoxy groups -OCH3 is 1. The first-order valence-corrected chi connectivity index (χ1v) is 11.2. The molecule has 0 radical (unpaired) electrons. The summed E-state index contributed by atoms with van der Waals surface area (Å²) in [5.41, 5.74) is 1.27. The minimum Gasteiger partial charge on any atom is -0.497 e. The Morgan fingerprint density at radius 3 is 2.50 bits per heavy atom. The molecule has 1 heterocycles. The zero-order valence-electron chi connectivity index (χ0n) is 19.5. The lowest BCUT2D eigenvalue weighted by Crippen LogP contribution is -2.50. The van der Waals surface area contributed by atoms with Crippen LogP contribution in [0.4, 0.5) is 0 Å². The Hall–Kier alpha value is -1.06. The van der Waals surface area contributed by atoms with Gasteiger partial charge in [0, 0.05) is 32.7 Å². The molecule has 0 bridgehead atoms. The maximum absolute atomic E-state index is 5.45. The Balaban J connectivity index is 0.00000450. The summed E-state index contributed by atoms with van der Waals surface area (Å²) in [4.78, 5) is 9.52. The Morgan fingerprint density at radius 1 is 1.23 bits per heavy atom. The molecule has 1 aromatic rings. The number of guanidine groups is 1. The molecule has 2 rings (SSSR count). The van der Waals surface area contributed by atoms with Gasteiger partial charge in [-0.15, -0.1) is 24.0 Å². The maximum atomic E-state index is 5.45. The number of hydrogen-bond donors (Lipinski definition) is 2. The molecule has 30 heavy (non-hydrogen) atoms. The van der Waals surface area contributed by atoms with E-state index in [4.69, 9.17) is 4.74 Å². The summed E-state index contributed by atoms with van der Waals surface area (Å²) in [5, 5.41) is 7.22. The number of nitrogens with one attached hydrogen (secondary N) is 2. The third-order valence-corrected chi connectivity index (χ3v) is 5.89. The largest absolute Gasteiger partial charge is 0.497 e. The number of rotatable bonds is 10. The fraction of sp³-hybridized carbons (Fsp3) is 0.696. The number of halogens is 1. The highest BCUT2D eigenvalue weighted by atomic mass is 127. The number of likely N-dealkylation sites (N-methyl/N-ethyl adjacent to an activating group) is 1. The first kappa shape index (κ1) is 27.0. The lowest BCUT2D eigenvalue weighted by atomic mass is 10.0. The van der Waals surface area contributed by atoms with Crippen molar-refractivity contribution in [3.8, 4) is 5.75 Å². The predicted octanol–water partition coefficient (Wildman–Crippen LogP) is 3.74. The fourth-order valence-electron chi connectivity index (χ4n) is 4.17. The van der Waals surface area contributed by atoms with Crippen LogP contribution in [-0.4, -0.2) is 75.2 Å². The van der Waals surface area contributed by atoms with E-state index in [1.807, 2.05) is 13.1 Å². The molecular formula is C23H42IN5O. The van der Waals surface area contributed by atoms with E-state index in [0.717, 1.165) is 31.3 Å². The molecule has 1 fully saturated rings. The van der Waals surface area contributed by atoms with E-state index in [-0.39, 0.29) is 30.0 Å². The molecular weight excluding hydrogens is 489 g/mol. The summed E-state index contributed by atoms with van der Waals surface area (Å²) in [6.07, 6.45) is 3.59. The molecule has 0 aliphatic carbocycles. The molecule has 6 nitrogen and oxygen atoms in total. The van der Waals surface area contributed by atoms with Gasteiger partial charge in [-0.3, -0.25) is 9.89 Å². The highest BCUT2D eigenvalue weighted by Crippen LogP contribution is 2.23. The van der Waals surface area contributed by atoms with Crippen LogP contribution in [0.1, 0.15) is 51.6 Å². The van der Waals surface area contributed by atoms with E-state index in [9.17, 15) is 0 Å². The van der Waals surface area contributed by atoms with E-state index in [2.05, 4.69) is 64.4 Å². The van der Waals surface area contributed by atoms with Gasteiger partial charge < -0.3 is 20.3 Å². The second-order valence-corrected chi connectivity index (χ2v) is 7.73. The number of hydrogen-bond acceptors (Lipinski definition) is 4. The van der Waals surface area contributed by atoms with Gasteiger partial charge in [-0.25, -0.2) is 0 Å². The number of benzene rings is 1. The number of piperidine rings is 1. The van der Waals surface area contributed by atoms with Gasteiger partial charge >= 0.3 is 0 Å². The highest BCUT2D eigenvalue weighted by molar-refractivity contribution is 14.0. The lowest BCUT2D eigenvalue weighted by molar-refractivity contribution is 0.205. The summed E-state index contributed by atoms with van der Waals surface area (Å²) < 4.78 is 5.45. The number of aliphatic imine (C=N–C) groups is 1. The Morgan fingerprint density at radius 2 is 1.93 bits per heavy atom. The fourth-order valence-corrected chi connectivity index (χ4v) is 4.17. The van der Waals surface area contributed by atoms with Crippen LogP contribution >= 0.6 is 24.0 Å². The van der Waals surface area contributed by atoms with Crippen LogP contribution in [0.15, 0.2) is 29.3 Å². The molecule has 2 N–H and O–H groups in total. The van der Waals surface area contributed by atoms with Gasteiger partial charge in [-0.05, 0) is 56.6 Å². The Bertz CT molecular complexity index is 615. The summed E-state index contributed by atoms with van der Waals surface area (Å²) in [5.74, 6) is 1.81. The Labute approximate surface area is 200 Å². The van der Waals surface area contributed by atoms with Gasteiger partial charge in [-0.1, -0.05) is 32.9 Å². The van der Waals surface area contributed by atoms with Crippen LogP contribution in [0.5, 0.6) is 5.75 Å². The van der Waals surface area contributed by atoms with E-state index >= 15 is 0 Å². The number of ether oxygens (including phenoxy) is 1. The Kier molecular flexibility index (Phi) is 13.4. The topological polar surface area (TPSA) is 52.1 Å². The summed E-state index contributed by atoms with van der Waals surface area (Å²) >= 11 is 0. The molecule has 172 valence electrons. The molecule has 0 aromatic heterocycles. The van der Waals surface area contributed by atoms with E-state index in [0.29, 0.717) is 6.04 Å². The molecule has 1 saturated heterocycles. The van der Waals surface area contributed by atoms with Crippen molar-refractivity contribution in [3.63, 3.8) is 0 Å².